The number of amides is 1. The maximum Gasteiger partial charge on any atom is 0.451 e. The highest BCUT2D eigenvalue weighted by Gasteiger charge is 2.48. The quantitative estimate of drug-likeness (QED) is 0.804. The van der Waals surface area contributed by atoms with Crippen LogP contribution in [0.1, 0.15) is 42.5 Å². The molecule has 2 aromatic rings. The Kier molecular flexibility index (Phi) is 4.60. The molecule has 1 aromatic carbocycles. The molecule has 2 bridgehead atoms. The zero-order valence-corrected chi connectivity index (χ0v) is 14.9. The van der Waals surface area contributed by atoms with Gasteiger partial charge in [0.2, 0.25) is 11.7 Å². The molecule has 0 aliphatic carbocycles. The third-order valence-electron chi connectivity index (χ3n) is 5.39. The SMILES string of the molecule is N[C@@H](CC(=O)N1[C@@H]2CC[C@H]1c1nnc(C(F)(F)F)n1C2)Cc1ccccc1F. The minimum absolute atomic E-state index is 0.0123. The maximum absolute atomic E-state index is 13.8. The fourth-order valence-electron chi connectivity index (χ4n) is 4.20. The number of carbonyl (C=O) groups is 1. The summed E-state index contributed by atoms with van der Waals surface area (Å²) in [5.74, 6) is -1.49. The zero-order valence-electron chi connectivity index (χ0n) is 14.9. The molecule has 0 spiro atoms. The molecule has 3 atom stereocenters. The summed E-state index contributed by atoms with van der Waals surface area (Å²) < 4.78 is 54.2. The minimum Gasteiger partial charge on any atom is -0.328 e. The molecule has 4 rings (SSSR count). The van der Waals surface area contributed by atoms with E-state index < -0.39 is 24.1 Å². The number of alkyl halides is 3. The summed E-state index contributed by atoms with van der Waals surface area (Å²) in [6, 6.07) is 4.76. The van der Waals surface area contributed by atoms with Crippen molar-refractivity contribution in [2.24, 2.45) is 5.73 Å². The van der Waals surface area contributed by atoms with E-state index in [0.717, 1.165) is 4.57 Å². The number of halogens is 4. The average Bonchev–Trinajstić information content (AvgIpc) is 3.18. The van der Waals surface area contributed by atoms with Crippen LogP contribution in [0.3, 0.4) is 0 Å². The largest absolute Gasteiger partial charge is 0.451 e. The molecular formula is C18H19F4N5O. The first-order valence-electron chi connectivity index (χ1n) is 9.06. The van der Waals surface area contributed by atoms with Crippen LogP contribution in [0.25, 0.3) is 0 Å². The van der Waals surface area contributed by atoms with Crippen molar-refractivity contribution in [3.05, 3.63) is 47.3 Å². The number of rotatable bonds is 4. The highest BCUT2D eigenvalue weighted by Crippen LogP contribution is 2.42. The monoisotopic (exact) mass is 397 g/mol. The second-order valence-electron chi connectivity index (χ2n) is 7.30. The van der Waals surface area contributed by atoms with E-state index in [9.17, 15) is 22.4 Å². The molecule has 0 unspecified atom stereocenters. The van der Waals surface area contributed by atoms with Gasteiger partial charge in [-0.3, -0.25) is 4.79 Å². The summed E-state index contributed by atoms with van der Waals surface area (Å²) in [5.41, 5.74) is 6.48. The second-order valence-corrected chi connectivity index (χ2v) is 7.30. The van der Waals surface area contributed by atoms with Crippen LogP contribution >= 0.6 is 0 Å². The Bertz CT molecular complexity index is 896. The van der Waals surface area contributed by atoms with Crippen LogP contribution in [0.5, 0.6) is 0 Å². The van der Waals surface area contributed by atoms with Crippen molar-refractivity contribution < 1.29 is 22.4 Å². The molecule has 0 saturated carbocycles. The topological polar surface area (TPSA) is 77.0 Å². The van der Waals surface area contributed by atoms with E-state index in [1.165, 1.54) is 6.07 Å². The Morgan fingerprint density at radius 3 is 2.71 bits per heavy atom. The van der Waals surface area contributed by atoms with Crippen LogP contribution in [-0.4, -0.2) is 37.7 Å². The van der Waals surface area contributed by atoms with E-state index in [-0.39, 0.29) is 43.0 Å². The number of fused-ring (bicyclic) bond motifs is 4. The van der Waals surface area contributed by atoms with Crippen molar-refractivity contribution in [3.8, 4) is 0 Å². The molecule has 1 fully saturated rings. The van der Waals surface area contributed by atoms with Gasteiger partial charge < -0.3 is 15.2 Å². The Morgan fingerprint density at radius 1 is 1.25 bits per heavy atom. The van der Waals surface area contributed by atoms with Crippen molar-refractivity contribution in [2.75, 3.05) is 0 Å². The van der Waals surface area contributed by atoms with Crippen molar-refractivity contribution in [1.29, 1.82) is 0 Å². The Labute approximate surface area is 158 Å². The van der Waals surface area contributed by atoms with Crippen molar-refractivity contribution in [1.82, 2.24) is 19.7 Å². The average molecular weight is 397 g/mol. The molecule has 150 valence electrons. The third kappa shape index (κ3) is 3.25. The summed E-state index contributed by atoms with van der Waals surface area (Å²) in [5, 5.41) is 7.00. The number of hydrogen-bond donors (Lipinski definition) is 1. The van der Waals surface area contributed by atoms with E-state index in [4.69, 9.17) is 5.73 Å². The van der Waals surface area contributed by atoms with E-state index in [2.05, 4.69) is 10.2 Å². The molecule has 2 N–H and O–H groups in total. The smallest absolute Gasteiger partial charge is 0.328 e. The Hall–Kier alpha value is -2.49. The van der Waals surface area contributed by atoms with E-state index in [1.807, 2.05) is 0 Å². The van der Waals surface area contributed by atoms with E-state index >= 15 is 0 Å². The highest BCUT2D eigenvalue weighted by molar-refractivity contribution is 5.78. The lowest BCUT2D eigenvalue weighted by atomic mass is 10.0. The first-order chi connectivity index (χ1) is 13.3. The number of nitrogens with zero attached hydrogens (tertiary/aromatic N) is 4. The van der Waals surface area contributed by atoms with Crippen molar-refractivity contribution in [2.45, 2.75) is 56.5 Å². The molecule has 1 amide bonds. The van der Waals surface area contributed by atoms with Crippen molar-refractivity contribution >= 4 is 5.91 Å². The molecule has 6 nitrogen and oxygen atoms in total. The van der Waals surface area contributed by atoms with Gasteiger partial charge in [0.1, 0.15) is 5.82 Å². The summed E-state index contributed by atoms with van der Waals surface area (Å²) in [6.07, 6.45) is -3.26. The van der Waals surface area contributed by atoms with Crippen LogP contribution in [0.2, 0.25) is 0 Å². The first kappa shape index (κ1) is 18.9. The normalized spacial score (nSPS) is 22.2. The highest BCUT2D eigenvalue weighted by atomic mass is 19.4. The molecular weight excluding hydrogens is 378 g/mol. The maximum atomic E-state index is 13.8. The van der Waals surface area contributed by atoms with Gasteiger partial charge in [-0.05, 0) is 30.9 Å². The number of aromatic nitrogens is 3. The first-order valence-corrected chi connectivity index (χ1v) is 9.06. The second kappa shape index (κ2) is 6.84. The third-order valence-corrected chi connectivity index (χ3v) is 5.39. The number of carbonyl (C=O) groups excluding carboxylic acids is 1. The van der Waals surface area contributed by atoms with Crippen LogP contribution in [0.4, 0.5) is 17.6 Å². The van der Waals surface area contributed by atoms with Crippen LogP contribution < -0.4 is 5.73 Å². The Morgan fingerprint density at radius 2 is 2.00 bits per heavy atom. The zero-order chi connectivity index (χ0) is 20.1. The molecule has 1 saturated heterocycles. The van der Waals surface area contributed by atoms with Crippen molar-refractivity contribution in [3.63, 3.8) is 0 Å². The number of hydrogen-bond acceptors (Lipinski definition) is 4. The lowest BCUT2D eigenvalue weighted by molar-refractivity contribution is -0.148. The lowest BCUT2D eigenvalue weighted by Crippen LogP contribution is -2.46. The van der Waals surface area contributed by atoms with Gasteiger partial charge in [-0.1, -0.05) is 18.2 Å². The van der Waals surface area contributed by atoms with Crippen LogP contribution in [-0.2, 0) is 23.9 Å². The summed E-state index contributed by atoms with van der Waals surface area (Å²) in [4.78, 5) is 14.4. The molecule has 10 heteroatoms. The van der Waals surface area contributed by atoms with Gasteiger partial charge in [-0.25, -0.2) is 4.39 Å². The minimum atomic E-state index is -4.58. The summed E-state index contributed by atoms with van der Waals surface area (Å²) in [7, 11) is 0. The van der Waals surface area contributed by atoms with Crippen LogP contribution in [0, 0.1) is 5.82 Å². The molecule has 1 aromatic heterocycles. The molecule has 2 aliphatic heterocycles. The van der Waals surface area contributed by atoms with E-state index in [1.54, 1.807) is 23.1 Å². The predicted molar refractivity (Wildman–Crippen MR) is 90.3 cm³/mol. The molecule has 3 heterocycles. The van der Waals surface area contributed by atoms with Gasteiger partial charge in [0.25, 0.3) is 0 Å². The van der Waals surface area contributed by atoms with Gasteiger partial charge in [0, 0.05) is 19.0 Å². The predicted octanol–water partition coefficient (Wildman–Crippen LogP) is 2.44. The van der Waals surface area contributed by atoms with Gasteiger partial charge in [0.15, 0.2) is 5.82 Å². The number of nitrogens with two attached hydrogens (primary N) is 1. The number of benzene rings is 1. The van der Waals surface area contributed by atoms with Gasteiger partial charge >= 0.3 is 6.18 Å². The fourth-order valence-corrected chi connectivity index (χ4v) is 4.20. The molecule has 2 aliphatic rings. The van der Waals surface area contributed by atoms with Gasteiger partial charge in [-0.15, -0.1) is 10.2 Å². The molecule has 28 heavy (non-hydrogen) atoms. The summed E-state index contributed by atoms with van der Waals surface area (Å²) >= 11 is 0. The van der Waals surface area contributed by atoms with Crippen LogP contribution in [0.15, 0.2) is 24.3 Å². The standard InChI is InChI=1S/C18H19F4N5O/c19-13-4-2-1-3-10(13)7-11(23)8-15(28)27-12-5-6-14(27)16-24-25-17(18(20,21)22)26(16)9-12/h1-4,11-12,14H,5-9,23H2/t11-,12-,14+/m1/s1. The Balaban J connectivity index is 1.49. The summed E-state index contributed by atoms with van der Waals surface area (Å²) in [6.45, 7) is 0.0158. The van der Waals surface area contributed by atoms with E-state index in [0.29, 0.717) is 18.4 Å². The fraction of sp³-hybridized carbons (Fsp3) is 0.500. The molecule has 0 radical (unpaired) electrons. The van der Waals surface area contributed by atoms with Gasteiger partial charge in [-0.2, -0.15) is 13.2 Å². The van der Waals surface area contributed by atoms with Gasteiger partial charge in [0.05, 0.1) is 12.1 Å². The lowest BCUT2D eigenvalue weighted by Gasteiger charge is -2.36.